The molecule has 0 aliphatic rings. The van der Waals surface area contributed by atoms with E-state index in [2.05, 4.69) is 17.4 Å². The summed E-state index contributed by atoms with van der Waals surface area (Å²) in [6.45, 7) is 2.58. The Bertz CT molecular complexity index is 566. The van der Waals surface area contributed by atoms with Gasteiger partial charge in [0.15, 0.2) is 0 Å². The number of rotatable bonds is 5. The Hall–Kier alpha value is -2.29. The summed E-state index contributed by atoms with van der Waals surface area (Å²) in [6, 6.07) is 18.0. The molecule has 0 aromatic heterocycles. The van der Waals surface area contributed by atoms with Crippen LogP contribution in [-0.2, 0) is 16.1 Å². The molecule has 2 rings (SSSR count). The lowest BCUT2D eigenvalue weighted by Crippen LogP contribution is -2.13. The Kier molecular flexibility index (Phi) is 4.77. The SMILES string of the molecule is COC(=O)C(C)c1ccccc1NCc1ccccc1. The van der Waals surface area contributed by atoms with E-state index in [4.69, 9.17) is 4.74 Å². The fourth-order valence-electron chi connectivity index (χ4n) is 2.13. The Morgan fingerprint density at radius 2 is 1.75 bits per heavy atom. The molecule has 0 aliphatic heterocycles. The Labute approximate surface area is 119 Å². The van der Waals surface area contributed by atoms with Gasteiger partial charge in [0, 0.05) is 12.2 Å². The van der Waals surface area contributed by atoms with Gasteiger partial charge in [-0.05, 0) is 24.1 Å². The maximum absolute atomic E-state index is 11.7. The highest BCUT2D eigenvalue weighted by molar-refractivity contribution is 5.80. The highest BCUT2D eigenvalue weighted by Crippen LogP contribution is 2.25. The normalized spacial score (nSPS) is 11.7. The third-order valence-electron chi connectivity index (χ3n) is 3.31. The van der Waals surface area contributed by atoms with Crippen LogP contribution in [0.25, 0.3) is 0 Å². The van der Waals surface area contributed by atoms with Crippen LogP contribution in [-0.4, -0.2) is 13.1 Å². The number of anilines is 1. The van der Waals surface area contributed by atoms with Crippen molar-refractivity contribution < 1.29 is 9.53 Å². The van der Waals surface area contributed by atoms with Crippen molar-refractivity contribution in [3.05, 3.63) is 65.7 Å². The van der Waals surface area contributed by atoms with Gasteiger partial charge >= 0.3 is 5.97 Å². The van der Waals surface area contributed by atoms with E-state index in [-0.39, 0.29) is 11.9 Å². The fourth-order valence-corrected chi connectivity index (χ4v) is 2.13. The van der Waals surface area contributed by atoms with Crippen LogP contribution in [0.1, 0.15) is 24.0 Å². The molecule has 3 heteroatoms. The van der Waals surface area contributed by atoms with E-state index < -0.39 is 0 Å². The number of carbonyl (C=O) groups is 1. The molecule has 0 saturated carbocycles. The molecule has 0 amide bonds. The maximum atomic E-state index is 11.7. The minimum Gasteiger partial charge on any atom is -0.469 e. The predicted molar refractivity (Wildman–Crippen MR) is 80.6 cm³/mol. The minimum atomic E-state index is -0.278. The maximum Gasteiger partial charge on any atom is 0.312 e. The van der Waals surface area contributed by atoms with Crippen molar-refractivity contribution in [1.82, 2.24) is 0 Å². The number of benzene rings is 2. The van der Waals surface area contributed by atoms with Gasteiger partial charge in [0.25, 0.3) is 0 Å². The second-order valence-electron chi connectivity index (χ2n) is 4.67. The molecule has 1 N–H and O–H groups in total. The first-order valence-corrected chi connectivity index (χ1v) is 6.67. The predicted octanol–water partition coefficient (Wildman–Crippen LogP) is 3.58. The van der Waals surface area contributed by atoms with E-state index in [0.717, 1.165) is 17.8 Å². The van der Waals surface area contributed by atoms with E-state index in [1.54, 1.807) is 0 Å². The number of para-hydroxylation sites is 1. The molecule has 3 nitrogen and oxygen atoms in total. The van der Waals surface area contributed by atoms with E-state index in [1.165, 1.54) is 12.7 Å². The number of esters is 1. The molecule has 0 spiro atoms. The van der Waals surface area contributed by atoms with Crippen LogP contribution in [0.2, 0.25) is 0 Å². The topological polar surface area (TPSA) is 38.3 Å². The lowest BCUT2D eigenvalue weighted by molar-refractivity contribution is -0.141. The number of nitrogens with one attached hydrogen (secondary N) is 1. The molecular formula is C17H19NO2. The number of hydrogen-bond donors (Lipinski definition) is 1. The van der Waals surface area contributed by atoms with Crippen LogP contribution in [0.3, 0.4) is 0 Å². The molecule has 0 saturated heterocycles. The van der Waals surface area contributed by atoms with Gasteiger partial charge in [-0.15, -0.1) is 0 Å². The Balaban J connectivity index is 2.14. The average molecular weight is 269 g/mol. The van der Waals surface area contributed by atoms with E-state index in [0.29, 0.717) is 0 Å². The largest absolute Gasteiger partial charge is 0.469 e. The van der Waals surface area contributed by atoms with Crippen molar-refractivity contribution in [2.75, 3.05) is 12.4 Å². The lowest BCUT2D eigenvalue weighted by Gasteiger charge is -2.16. The summed E-state index contributed by atoms with van der Waals surface area (Å²) in [7, 11) is 1.42. The molecule has 0 aliphatic carbocycles. The number of hydrogen-bond acceptors (Lipinski definition) is 3. The quantitative estimate of drug-likeness (QED) is 0.843. The first-order valence-electron chi connectivity index (χ1n) is 6.67. The van der Waals surface area contributed by atoms with Crippen molar-refractivity contribution in [3.8, 4) is 0 Å². The molecule has 0 heterocycles. The fraction of sp³-hybridized carbons (Fsp3) is 0.235. The summed E-state index contributed by atoms with van der Waals surface area (Å²) < 4.78 is 4.82. The summed E-state index contributed by atoms with van der Waals surface area (Å²) in [5.74, 6) is -0.501. The van der Waals surface area contributed by atoms with Gasteiger partial charge < -0.3 is 10.1 Å². The average Bonchev–Trinajstić information content (AvgIpc) is 2.52. The zero-order valence-electron chi connectivity index (χ0n) is 11.8. The van der Waals surface area contributed by atoms with Gasteiger partial charge in [-0.1, -0.05) is 48.5 Å². The molecule has 0 fully saturated rings. The lowest BCUT2D eigenvalue weighted by atomic mass is 9.99. The summed E-state index contributed by atoms with van der Waals surface area (Å²) in [4.78, 5) is 11.7. The van der Waals surface area contributed by atoms with Gasteiger partial charge in [0.05, 0.1) is 13.0 Å². The van der Waals surface area contributed by atoms with Crippen LogP contribution in [0.4, 0.5) is 5.69 Å². The van der Waals surface area contributed by atoms with Crippen molar-refractivity contribution in [2.45, 2.75) is 19.4 Å². The van der Waals surface area contributed by atoms with Gasteiger partial charge in [-0.25, -0.2) is 0 Å². The van der Waals surface area contributed by atoms with Crippen LogP contribution in [0, 0.1) is 0 Å². The zero-order chi connectivity index (χ0) is 14.4. The van der Waals surface area contributed by atoms with Gasteiger partial charge in [-0.3, -0.25) is 4.79 Å². The monoisotopic (exact) mass is 269 g/mol. The molecule has 1 unspecified atom stereocenters. The third-order valence-corrected chi connectivity index (χ3v) is 3.31. The van der Waals surface area contributed by atoms with Crippen molar-refractivity contribution in [3.63, 3.8) is 0 Å². The van der Waals surface area contributed by atoms with Crippen molar-refractivity contribution >= 4 is 11.7 Å². The minimum absolute atomic E-state index is 0.223. The molecular weight excluding hydrogens is 250 g/mol. The standard InChI is InChI=1S/C17H19NO2/c1-13(17(19)20-2)15-10-6-7-11-16(15)18-12-14-8-4-3-5-9-14/h3-11,13,18H,12H2,1-2H3. The highest BCUT2D eigenvalue weighted by atomic mass is 16.5. The van der Waals surface area contributed by atoms with E-state index in [9.17, 15) is 4.79 Å². The van der Waals surface area contributed by atoms with Crippen LogP contribution in [0.5, 0.6) is 0 Å². The second kappa shape index (κ2) is 6.75. The highest BCUT2D eigenvalue weighted by Gasteiger charge is 2.18. The van der Waals surface area contributed by atoms with Crippen LogP contribution >= 0.6 is 0 Å². The molecule has 0 radical (unpaired) electrons. The first-order chi connectivity index (χ1) is 9.72. The first kappa shape index (κ1) is 14.1. The third kappa shape index (κ3) is 3.38. The summed E-state index contributed by atoms with van der Waals surface area (Å²) in [5, 5.41) is 3.38. The van der Waals surface area contributed by atoms with E-state index >= 15 is 0 Å². The molecule has 20 heavy (non-hydrogen) atoms. The van der Waals surface area contributed by atoms with Gasteiger partial charge in [0.1, 0.15) is 0 Å². The Morgan fingerprint density at radius 1 is 1.10 bits per heavy atom. The summed E-state index contributed by atoms with van der Waals surface area (Å²) in [5.41, 5.74) is 3.12. The molecule has 1 atom stereocenters. The van der Waals surface area contributed by atoms with Gasteiger partial charge in [0.2, 0.25) is 0 Å². The van der Waals surface area contributed by atoms with Crippen molar-refractivity contribution in [1.29, 1.82) is 0 Å². The van der Waals surface area contributed by atoms with Crippen LogP contribution in [0.15, 0.2) is 54.6 Å². The summed E-state index contributed by atoms with van der Waals surface area (Å²) >= 11 is 0. The van der Waals surface area contributed by atoms with E-state index in [1.807, 2.05) is 49.4 Å². The van der Waals surface area contributed by atoms with Crippen LogP contribution < -0.4 is 5.32 Å². The number of ether oxygens (including phenoxy) is 1. The summed E-state index contributed by atoms with van der Waals surface area (Å²) in [6.07, 6.45) is 0. The molecule has 2 aromatic carbocycles. The number of methoxy groups -OCH3 is 1. The zero-order valence-corrected chi connectivity index (χ0v) is 11.8. The number of carbonyl (C=O) groups excluding carboxylic acids is 1. The molecule has 2 aromatic rings. The molecule has 104 valence electrons. The second-order valence-corrected chi connectivity index (χ2v) is 4.67. The molecule has 0 bridgehead atoms. The van der Waals surface area contributed by atoms with Gasteiger partial charge in [-0.2, -0.15) is 0 Å². The Morgan fingerprint density at radius 3 is 2.45 bits per heavy atom. The smallest absolute Gasteiger partial charge is 0.312 e. The van der Waals surface area contributed by atoms with Crippen molar-refractivity contribution in [2.24, 2.45) is 0 Å².